The molecule has 0 aromatic heterocycles. The first-order chi connectivity index (χ1) is 7.38. The van der Waals surface area contributed by atoms with Gasteiger partial charge < -0.3 is 0 Å². The largest absolute Gasteiger partial charge is 0.238 e. The Balaban J connectivity index is 2.84. The third-order valence-electron chi connectivity index (χ3n) is 2.42. The third-order valence-corrected chi connectivity index (χ3v) is 3.76. The van der Waals surface area contributed by atoms with E-state index in [1.54, 1.807) is 13.0 Å². The van der Waals surface area contributed by atoms with Crippen molar-refractivity contribution in [3.8, 4) is 0 Å². The highest BCUT2D eigenvalue weighted by atomic mass is 32.2. The lowest BCUT2D eigenvalue weighted by Gasteiger charge is -2.06. The van der Waals surface area contributed by atoms with Crippen LogP contribution in [0.3, 0.4) is 0 Å². The Morgan fingerprint density at radius 3 is 2.44 bits per heavy atom. The number of hydrogen-bond acceptors (Lipinski definition) is 3. The number of primary sulfonamides is 1. The van der Waals surface area contributed by atoms with E-state index in [4.69, 9.17) is 5.14 Å². The van der Waals surface area contributed by atoms with Crippen LogP contribution in [0.25, 0.3) is 10.8 Å². The molecule has 0 heterocycles. The topological polar surface area (TPSA) is 60.2 Å². The minimum Gasteiger partial charge on any atom is -0.225 e. The maximum absolute atomic E-state index is 11.3. The summed E-state index contributed by atoms with van der Waals surface area (Å²) < 4.78 is 22.7. The predicted octanol–water partition coefficient (Wildman–Crippen LogP) is 2.08. The Morgan fingerprint density at radius 1 is 1.12 bits per heavy atom. The highest BCUT2D eigenvalue weighted by Gasteiger charge is 2.12. The van der Waals surface area contributed by atoms with E-state index >= 15 is 0 Å². The number of benzene rings is 2. The van der Waals surface area contributed by atoms with Gasteiger partial charge in [-0.05, 0) is 41.5 Å². The Kier molecular flexibility index (Phi) is 2.69. The normalized spacial score (nSPS) is 11.9. The maximum Gasteiger partial charge on any atom is 0.238 e. The maximum atomic E-state index is 11.3. The molecule has 0 aliphatic heterocycles. The van der Waals surface area contributed by atoms with Crippen molar-refractivity contribution in [2.24, 2.45) is 5.14 Å². The zero-order chi connectivity index (χ0) is 11.9. The molecule has 0 amide bonds. The molecule has 5 heteroatoms. The lowest BCUT2D eigenvalue weighted by Crippen LogP contribution is -2.13. The van der Waals surface area contributed by atoms with Crippen LogP contribution in [0.4, 0.5) is 0 Å². The Labute approximate surface area is 99.7 Å². The summed E-state index contributed by atoms with van der Waals surface area (Å²) in [5, 5.41) is 6.94. The lowest BCUT2D eigenvalue weighted by atomic mass is 10.1. The number of fused-ring (bicyclic) bond motifs is 1. The van der Waals surface area contributed by atoms with Gasteiger partial charge in [0.15, 0.2) is 0 Å². The van der Waals surface area contributed by atoms with Crippen LogP contribution in [0, 0.1) is 6.92 Å². The molecule has 2 aromatic rings. The van der Waals surface area contributed by atoms with Crippen LogP contribution in [0.15, 0.2) is 40.1 Å². The van der Waals surface area contributed by atoms with Gasteiger partial charge in [0, 0.05) is 4.90 Å². The van der Waals surface area contributed by atoms with Crippen molar-refractivity contribution in [2.75, 3.05) is 0 Å². The summed E-state index contributed by atoms with van der Waals surface area (Å²) in [5.74, 6) is 0. The minimum atomic E-state index is -3.66. The summed E-state index contributed by atoms with van der Waals surface area (Å²) in [5.41, 5.74) is 0.655. The van der Waals surface area contributed by atoms with E-state index in [1.807, 2.05) is 24.3 Å². The molecule has 16 heavy (non-hydrogen) atoms. The van der Waals surface area contributed by atoms with Gasteiger partial charge in [0.2, 0.25) is 10.0 Å². The number of thiol groups is 1. The molecule has 0 saturated heterocycles. The second-order valence-corrected chi connectivity index (χ2v) is 5.74. The van der Waals surface area contributed by atoms with Gasteiger partial charge in [-0.2, -0.15) is 0 Å². The molecule has 0 aliphatic rings. The molecule has 0 unspecified atom stereocenters. The number of hydrogen-bond donors (Lipinski definition) is 2. The van der Waals surface area contributed by atoms with Gasteiger partial charge in [0.1, 0.15) is 0 Å². The fourth-order valence-corrected chi connectivity index (χ4v) is 2.70. The standard InChI is InChI=1S/C11H11NO2S2/c1-7-4-8-2-3-10(15)5-9(8)6-11(7)16(12,13)14/h2-6,15H,1H3,(H2,12,13,14). The molecule has 2 rings (SSSR count). The van der Waals surface area contributed by atoms with Crippen molar-refractivity contribution in [2.45, 2.75) is 16.7 Å². The van der Waals surface area contributed by atoms with Gasteiger partial charge in [-0.25, -0.2) is 13.6 Å². The van der Waals surface area contributed by atoms with Gasteiger partial charge >= 0.3 is 0 Å². The molecule has 0 spiro atoms. The zero-order valence-corrected chi connectivity index (χ0v) is 10.3. The first kappa shape index (κ1) is 11.4. The molecular formula is C11H11NO2S2. The van der Waals surface area contributed by atoms with Crippen LogP contribution in [0.5, 0.6) is 0 Å². The van der Waals surface area contributed by atoms with Gasteiger partial charge in [-0.3, -0.25) is 0 Å². The van der Waals surface area contributed by atoms with Crippen molar-refractivity contribution in [3.63, 3.8) is 0 Å². The average molecular weight is 253 g/mol. The highest BCUT2D eigenvalue weighted by Crippen LogP contribution is 2.24. The van der Waals surface area contributed by atoms with E-state index in [-0.39, 0.29) is 4.90 Å². The molecule has 3 nitrogen and oxygen atoms in total. The summed E-state index contributed by atoms with van der Waals surface area (Å²) in [7, 11) is -3.66. The van der Waals surface area contributed by atoms with Crippen molar-refractivity contribution >= 4 is 33.4 Å². The minimum absolute atomic E-state index is 0.166. The van der Waals surface area contributed by atoms with Gasteiger partial charge in [0.25, 0.3) is 0 Å². The van der Waals surface area contributed by atoms with E-state index < -0.39 is 10.0 Å². The molecule has 0 bridgehead atoms. The van der Waals surface area contributed by atoms with E-state index in [9.17, 15) is 8.42 Å². The SMILES string of the molecule is Cc1cc2ccc(S)cc2cc1S(N)(=O)=O. The van der Waals surface area contributed by atoms with E-state index in [0.717, 1.165) is 15.7 Å². The predicted molar refractivity (Wildman–Crippen MR) is 67.3 cm³/mol. The summed E-state index contributed by atoms with van der Waals surface area (Å²) in [6, 6.07) is 8.97. The molecule has 0 fully saturated rings. The molecule has 84 valence electrons. The monoisotopic (exact) mass is 253 g/mol. The van der Waals surface area contributed by atoms with Crippen molar-refractivity contribution in [1.82, 2.24) is 0 Å². The van der Waals surface area contributed by atoms with Crippen molar-refractivity contribution in [1.29, 1.82) is 0 Å². The van der Waals surface area contributed by atoms with Crippen LogP contribution in [0.1, 0.15) is 5.56 Å². The summed E-state index contributed by atoms with van der Waals surface area (Å²) >= 11 is 4.21. The first-order valence-electron chi connectivity index (χ1n) is 4.64. The Hall–Kier alpha value is -1.04. The highest BCUT2D eigenvalue weighted by molar-refractivity contribution is 7.89. The fraction of sp³-hybridized carbons (Fsp3) is 0.0909. The van der Waals surface area contributed by atoms with E-state index in [1.165, 1.54) is 0 Å². The first-order valence-corrected chi connectivity index (χ1v) is 6.63. The number of rotatable bonds is 1. The summed E-state index contributed by atoms with van der Waals surface area (Å²) in [6.45, 7) is 1.73. The second kappa shape index (κ2) is 3.76. The van der Waals surface area contributed by atoms with E-state index in [0.29, 0.717) is 5.56 Å². The quantitative estimate of drug-likeness (QED) is 0.764. The summed E-state index contributed by atoms with van der Waals surface area (Å²) in [4.78, 5) is 0.954. The smallest absolute Gasteiger partial charge is 0.225 e. The number of aryl methyl sites for hydroxylation is 1. The van der Waals surface area contributed by atoms with Gasteiger partial charge in [-0.15, -0.1) is 12.6 Å². The third kappa shape index (κ3) is 2.07. The van der Waals surface area contributed by atoms with Crippen molar-refractivity contribution in [3.05, 3.63) is 35.9 Å². The molecule has 2 N–H and O–H groups in total. The van der Waals surface area contributed by atoms with Crippen LogP contribution >= 0.6 is 12.6 Å². The summed E-state index contributed by atoms with van der Waals surface area (Å²) in [6.07, 6.45) is 0. The van der Waals surface area contributed by atoms with Crippen molar-refractivity contribution < 1.29 is 8.42 Å². The van der Waals surface area contributed by atoms with Crippen LogP contribution < -0.4 is 5.14 Å². The Bertz CT molecular complexity index is 663. The molecule has 2 aromatic carbocycles. The zero-order valence-electron chi connectivity index (χ0n) is 8.64. The van der Waals surface area contributed by atoms with Crippen LogP contribution in [-0.2, 0) is 10.0 Å². The van der Waals surface area contributed by atoms with E-state index in [2.05, 4.69) is 12.6 Å². The molecule has 0 aliphatic carbocycles. The molecular weight excluding hydrogens is 242 g/mol. The van der Waals surface area contributed by atoms with Gasteiger partial charge in [0.05, 0.1) is 4.90 Å². The van der Waals surface area contributed by atoms with Crippen LogP contribution in [0.2, 0.25) is 0 Å². The van der Waals surface area contributed by atoms with Gasteiger partial charge in [-0.1, -0.05) is 12.1 Å². The second-order valence-electron chi connectivity index (χ2n) is 3.69. The number of nitrogens with two attached hydrogens (primary N) is 1. The Morgan fingerprint density at radius 2 is 1.81 bits per heavy atom. The molecule has 0 atom stereocenters. The average Bonchev–Trinajstić information content (AvgIpc) is 2.16. The molecule has 0 radical (unpaired) electrons. The fourth-order valence-electron chi connectivity index (χ4n) is 1.68. The number of sulfonamides is 1. The molecule has 0 saturated carbocycles. The lowest BCUT2D eigenvalue weighted by molar-refractivity contribution is 0.597. The van der Waals surface area contributed by atoms with Crippen LogP contribution in [-0.4, -0.2) is 8.42 Å².